The Hall–Kier alpha value is -2.22. The summed E-state index contributed by atoms with van der Waals surface area (Å²) in [5.41, 5.74) is 0.294. The van der Waals surface area contributed by atoms with E-state index in [9.17, 15) is 14.9 Å². The molecule has 20 heavy (non-hydrogen) atoms. The van der Waals surface area contributed by atoms with Crippen LogP contribution in [0.5, 0.6) is 11.5 Å². The van der Waals surface area contributed by atoms with Crippen LogP contribution in [0.4, 0.5) is 10.5 Å². The lowest BCUT2D eigenvalue weighted by molar-refractivity contribution is -0.385. The van der Waals surface area contributed by atoms with E-state index in [4.69, 9.17) is 14.2 Å². The van der Waals surface area contributed by atoms with E-state index in [1.807, 2.05) is 0 Å². The van der Waals surface area contributed by atoms with Crippen LogP contribution >= 0.6 is 12.4 Å². The highest BCUT2D eigenvalue weighted by atomic mass is 35.5. The normalized spacial score (nSPS) is 19.6. The molecule has 0 aromatic heterocycles. The van der Waals surface area contributed by atoms with Gasteiger partial charge in [0, 0.05) is 6.42 Å². The fraction of sp³-hybridized carbons (Fsp3) is 0.364. The molecule has 9 heteroatoms. The molecule has 0 radical (unpaired) electrons. The van der Waals surface area contributed by atoms with Crippen LogP contribution in [0.2, 0.25) is 0 Å². The number of benzene rings is 1. The standard InChI is InChI=1S/C11H10N2O6.ClH/c14-11-12-7(1-2-17-11)6-3-9-10(19-5-18-9)4-8(6)13(15)16;/h3-4,7H,1-2,5H2,(H,12,14);1H/t7-;/m1./s1. The van der Waals surface area contributed by atoms with E-state index in [2.05, 4.69) is 5.32 Å². The van der Waals surface area contributed by atoms with Crippen LogP contribution in [0.1, 0.15) is 18.0 Å². The minimum absolute atomic E-state index is 0. The number of alkyl carbamates (subject to hydrolysis) is 1. The molecule has 8 nitrogen and oxygen atoms in total. The Morgan fingerprint density at radius 2 is 1.95 bits per heavy atom. The van der Waals surface area contributed by atoms with Gasteiger partial charge in [0.2, 0.25) is 6.79 Å². The Bertz CT molecular complexity index is 564. The summed E-state index contributed by atoms with van der Waals surface area (Å²) in [5, 5.41) is 13.7. The fourth-order valence-corrected chi connectivity index (χ4v) is 2.14. The molecular formula is C11H11ClN2O6. The predicted molar refractivity (Wildman–Crippen MR) is 68.3 cm³/mol. The molecule has 1 saturated heterocycles. The monoisotopic (exact) mass is 302 g/mol. The van der Waals surface area contributed by atoms with Crippen LogP contribution in [0.25, 0.3) is 0 Å². The third kappa shape index (κ3) is 2.42. The maximum atomic E-state index is 11.2. The van der Waals surface area contributed by atoms with E-state index < -0.39 is 17.1 Å². The smallest absolute Gasteiger partial charge is 0.407 e. The van der Waals surface area contributed by atoms with Gasteiger partial charge in [0.1, 0.15) is 0 Å². The van der Waals surface area contributed by atoms with Gasteiger partial charge in [-0.15, -0.1) is 12.4 Å². The zero-order valence-corrected chi connectivity index (χ0v) is 11.0. The highest BCUT2D eigenvalue weighted by Crippen LogP contribution is 2.41. The Kier molecular flexibility index (Phi) is 3.84. The Labute approximate surface area is 119 Å². The number of nitro groups is 1. The van der Waals surface area contributed by atoms with Crippen molar-refractivity contribution >= 4 is 24.2 Å². The lowest BCUT2D eigenvalue weighted by atomic mass is 10.0. The number of carbonyl (C=O) groups excluding carboxylic acids is 1. The van der Waals surface area contributed by atoms with E-state index in [1.165, 1.54) is 12.1 Å². The molecular weight excluding hydrogens is 292 g/mol. The predicted octanol–water partition coefficient (Wildman–Crippen LogP) is 1.92. The van der Waals surface area contributed by atoms with Gasteiger partial charge < -0.3 is 19.5 Å². The molecule has 2 aliphatic heterocycles. The third-order valence-corrected chi connectivity index (χ3v) is 3.03. The van der Waals surface area contributed by atoms with Gasteiger partial charge in [-0.1, -0.05) is 0 Å². The molecule has 1 aromatic rings. The van der Waals surface area contributed by atoms with Crippen molar-refractivity contribution in [3.05, 3.63) is 27.8 Å². The summed E-state index contributed by atoms with van der Waals surface area (Å²) in [4.78, 5) is 21.8. The fourth-order valence-electron chi connectivity index (χ4n) is 2.14. The SMILES string of the molecule is Cl.O=C1N[C@@H](c2cc3c(cc2[N+](=O)[O-])OCO3)CCO1. The number of hydrogen-bond donors (Lipinski definition) is 1. The molecule has 1 amide bonds. The number of hydrogen-bond acceptors (Lipinski definition) is 6. The third-order valence-electron chi connectivity index (χ3n) is 3.03. The average Bonchev–Trinajstić information content (AvgIpc) is 2.84. The maximum absolute atomic E-state index is 11.2. The second-order valence-electron chi connectivity index (χ2n) is 4.14. The first kappa shape index (κ1) is 14.2. The molecule has 2 heterocycles. The van der Waals surface area contributed by atoms with Gasteiger partial charge in [0.25, 0.3) is 5.69 Å². The number of cyclic esters (lactones) is 1. The first-order valence-electron chi connectivity index (χ1n) is 5.66. The van der Waals surface area contributed by atoms with Crippen LogP contribution in [0.3, 0.4) is 0 Å². The summed E-state index contributed by atoms with van der Waals surface area (Å²) in [6, 6.07) is 2.40. The second-order valence-corrected chi connectivity index (χ2v) is 4.14. The molecule has 0 saturated carbocycles. The molecule has 3 rings (SSSR count). The van der Waals surface area contributed by atoms with Crippen molar-refractivity contribution in [3.63, 3.8) is 0 Å². The number of halogens is 1. The molecule has 1 aromatic carbocycles. The van der Waals surface area contributed by atoms with Crippen LogP contribution in [0.15, 0.2) is 12.1 Å². The van der Waals surface area contributed by atoms with Gasteiger partial charge in [0.15, 0.2) is 11.5 Å². The summed E-state index contributed by atoms with van der Waals surface area (Å²) >= 11 is 0. The quantitative estimate of drug-likeness (QED) is 0.661. The van der Waals surface area contributed by atoms with Crippen LogP contribution in [-0.2, 0) is 4.74 Å². The van der Waals surface area contributed by atoms with Crippen molar-refractivity contribution < 1.29 is 23.9 Å². The van der Waals surface area contributed by atoms with Crippen LogP contribution in [0, 0.1) is 10.1 Å². The zero-order valence-electron chi connectivity index (χ0n) is 10.2. The van der Waals surface area contributed by atoms with Crippen molar-refractivity contribution in [3.8, 4) is 11.5 Å². The van der Waals surface area contributed by atoms with Crippen LogP contribution in [-0.4, -0.2) is 24.4 Å². The number of rotatable bonds is 2. The molecule has 1 N–H and O–H groups in total. The average molecular weight is 303 g/mol. The van der Waals surface area contributed by atoms with Crippen LogP contribution < -0.4 is 14.8 Å². The first-order chi connectivity index (χ1) is 9.15. The topological polar surface area (TPSA) is 99.9 Å². The minimum Gasteiger partial charge on any atom is -0.454 e. The lowest BCUT2D eigenvalue weighted by Crippen LogP contribution is -2.35. The molecule has 1 fully saturated rings. The molecule has 0 bridgehead atoms. The maximum Gasteiger partial charge on any atom is 0.407 e. The summed E-state index contributed by atoms with van der Waals surface area (Å²) < 4.78 is 15.1. The largest absolute Gasteiger partial charge is 0.454 e. The van der Waals surface area contributed by atoms with E-state index in [-0.39, 0.29) is 31.5 Å². The number of fused-ring (bicyclic) bond motifs is 1. The van der Waals surface area contributed by atoms with Crippen molar-refractivity contribution in [1.29, 1.82) is 0 Å². The van der Waals surface area contributed by atoms with Gasteiger partial charge in [0.05, 0.1) is 29.2 Å². The zero-order chi connectivity index (χ0) is 13.4. The highest BCUT2D eigenvalue weighted by Gasteiger charge is 2.31. The molecule has 108 valence electrons. The molecule has 0 unspecified atom stereocenters. The van der Waals surface area contributed by atoms with Crippen molar-refractivity contribution in [2.45, 2.75) is 12.5 Å². The summed E-state index contributed by atoms with van der Waals surface area (Å²) in [6.07, 6.45) is -0.116. The molecule has 1 atom stereocenters. The Balaban J connectivity index is 0.00000147. The van der Waals surface area contributed by atoms with Crippen molar-refractivity contribution in [1.82, 2.24) is 5.32 Å². The molecule has 2 aliphatic rings. The summed E-state index contributed by atoms with van der Waals surface area (Å²) in [5.74, 6) is 0.787. The number of amides is 1. The van der Waals surface area contributed by atoms with E-state index in [0.29, 0.717) is 23.5 Å². The van der Waals surface area contributed by atoms with E-state index in [1.54, 1.807) is 0 Å². The van der Waals surface area contributed by atoms with Crippen molar-refractivity contribution in [2.75, 3.05) is 13.4 Å². The number of ether oxygens (including phenoxy) is 3. The number of carbonyl (C=O) groups is 1. The second kappa shape index (κ2) is 5.41. The minimum atomic E-state index is -0.580. The number of nitrogens with one attached hydrogen (secondary N) is 1. The molecule has 0 spiro atoms. The van der Waals surface area contributed by atoms with Gasteiger partial charge >= 0.3 is 6.09 Å². The van der Waals surface area contributed by atoms with Gasteiger partial charge in [-0.3, -0.25) is 10.1 Å². The van der Waals surface area contributed by atoms with Gasteiger partial charge in [-0.05, 0) is 6.07 Å². The summed E-state index contributed by atoms with van der Waals surface area (Å²) in [6.45, 7) is 0.262. The van der Waals surface area contributed by atoms with E-state index in [0.717, 1.165) is 0 Å². The van der Waals surface area contributed by atoms with E-state index >= 15 is 0 Å². The van der Waals surface area contributed by atoms with Gasteiger partial charge in [-0.25, -0.2) is 4.79 Å². The Morgan fingerprint density at radius 3 is 2.60 bits per heavy atom. The number of nitrogens with zero attached hydrogens (tertiary/aromatic N) is 1. The molecule has 0 aliphatic carbocycles. The van der Waals surface area contributed by atoms with Crippen molar-refractivity contribution in [2.24, 2.45) is 0 Å². The Morgan fingerprint density at radius 1 is 1.25 bits per heavy atom. The highest BCUT2D eigenvalue weighted by molar-refractivity contribution is 5.85. The number of nitro benzene ring substituents is 1. The first-order valence-corrected chi connectivity index (χ1v) is 5.66. The lowest BCUT2D eigenvalue weighted by Gasteiger charge is -2.23. The van der Waals surface area contributed by atoms with Gasteiger partial charge in [-0.2, -0.15) is 0 Å². The summed E-state index contributed by atoms with van der Waals surface area (Å²) in [7, 11) is 0.